The summed E-state index contributed by atoms with van der Waals surface area (Å²) >= 11 is 0. The molecule has 5 N–H and O–H groups in total. The topological polar surface area (TPSA) is 199 Å². The Morgan fingerprint density at radius 1 is 0.738 bits per heavy atom. The van der Waals surface area contributed by atoms with Crippen molar-refractivity contribution < 1.29 is 49.5 Å². The Bertz CT molecular complexity index is 1750. The molecule has 2 aliphatic carbocycles. The number of rotatable bonds is 6. The van der Waals surface area contributed by atoms with Gasteiger partial charge in [0.05, 0.1) is 0 Å². The molecule has 0 saturated heterocycles. The number of aromatic hydroxyl groups is 4. The zero-order chi connectivity index (χ0) is 31.5. The molecule has 0 spiro atoms. The highest BCUT2D eigenvalue weighted by Crippen LogP contribution is 2.48. The number of aliphatic carboxylic acids is 1. The van der Waals surface area contributed by atoms with Gasteiger partial charge >= 0.3 is 5.97 Å². The third kappa shape index (κ3) is 4.28. The Hall–Kier alpha value is -5.06. The third-order valence-corrected chi connectivity index (χ3v) is 7.50. The van der Waals surface area contributed by atoms with Crippen LogP contribution in [0, 0.1) is 0 Å². The maximum absolute atomic E-state index is 14.3. The van der Waals surface area contributed by atoms with Gasteiger partial charge in [0.2, 0.25) is 0 Å². The maximum atomic E-state index is 14.3. The fourth-order valence-electron chi connectivity index (χ4n) is 5.60. The molecule has 0 atom stereocenters. The lowest BCUT2D eigenvalue weighted by atomic mass is 9.71. The number of hydrogen-bond donors (Lipinski definition) is 5. The van der Waals surface area contributed by atoms with Gasteiger partial charge in [-0.1, -0.05) is 27.7 Å². The standard InChI is InChI=1S/C31H29NO10/c1-10(2)18-22-14(7-16(33)29(18)40)27(38)20(12(5)25(22)36)21-13(6)26(37)24-19(11(3)4)31(42)28(39)15(23(24)30(21)41)8-32-9-17(34)35/h7-8,10-11,33,39-40,42H,9H2,1-6H3,(H,34,35)/b32-8+. The van der Waals surface area contributed by atoms with E-state index in [1.165, 1.54) is 13.8 Å². The number of benzene rings is 2. The maximum Gasteiger partial charge on any atom is 0.325 e. The number of aliphatic imine (C=N–C) groups is 1. The molecule has 0 bridgehead atoms. The molecule has 2 aromatic rings. The van der Waals surface area contributed by atoms with Crippen molar-refractivity contribution in [3.05, 3.63) is 67.3 Å². The number of fused-ring (bicyclic) bond motifs is 2. The summed E-state index contributed by atoms with van der Waals surface area (Å²) in [5.41, 5.74) is -2.59. The molecule has 11 nitrogen and oxygen atoms in total. The number of carbonyl (C=O) groups excluding carboxylic acids is 4. The van der Waals surface area contributed by atoms with Gasteiger partial charge in [0.1, 0.15) is 6.54 Å². The first-order valence-electron chi connectivity index (χ1n) is 13.1. The van der Waals surface area contributed by atoms with Gasteiger partial charge in [-0.3, -0.25) is 29.0 Å². The van der Waals surface area contributed by atoms with Crippen LogP contribution in [0.1, 0.15) is 112 Å². The first-order chi connectivity index (χ1) is 19.5. The SMILES string of the molecule is CC1=C(C2=C(C)C(=O)c3c(c(/C=N/CC(=O)O)c(O)c(O)c3C(C)C)C2=O)C(=O)c2cc(O)c(O)c(C(C)C)c2C1=O. The van der Waals surface area contributed by atoms with Gasteiger partial charge in [-0.15, -0.1) is 0 Å². The van der Waals surface area contributed by atoms with Crippen LogP contribution in [0.15, 0.2) is 33.4 Å². The average molecular weight is 576 g/mol. The number of ketones is 4. The van der Waals surface area contributed by atoms with Gasteiger partial charge in [-0.05, 0) is 31.7 Å². The number of nitrogens with zero attached hydrogens (tertiary/aromatic N) is 1. The van der Waals surface area contributed by atoms with Crippen LogP contribution in [-0.4, -0.2) is 67.4 Å². The summed E-state index contributed by atoms with van der Waals surface area (Å²) in [6.45, 7) is 8.44. The minimum absolute atomic E-state index is 0.0290. The van der Waals surface area contributed by atoms with Crippen LogP contribution in [0.5, 0.6) is 23.0 Å². The van der Waals surface area contributed by atoms with Gasteiger partial charge in [0, 0.05) is 67.5 Å². The Labute approximate surface area is 240 Å². The number of phenols is 4. The summed E-state index contributed by atoms with van der Waals surface area (Å²) in [6, 6.07) is 0.937. The van der Waals surface area contributed by atoms with Crippen LogP contribution in [0.4, 0.5) is 0 Å². The van der Waals surface area contributed by atoms with Crippen LogP contribution < -0.4 is 0 Å². The fourth-order valence-corrected chi connectivity index (χ4v) is 5.60. The van der Waals surface area contributed by atoms with Gasteiger partial charge in [0.15, 0.2) is 46.1 Å². The first kappa shape index (κ1) is 29.9. The number of Topliss-reactive ketones (excluding diaryl/α,β-unsaturated/α-hetero) is 4. The van der Waals surface area contributed by atoms with Gasteiger partial charge in [0.25, 0.3) is 0 Å². The zero-order valence-corrected chi connectivity index (χ0v) is 23.7. The van der Waals surface area contributed by atoms with Crippen LogP contribution >= 0.6 is 0 Å². The second-order valence-electron chi connectivity index (χ2n) is 10.8. The Morgan fingerprint density at radius 3 is 1.76 bits per heavy atom. The average Bonchev–Trinajstić information content (AvgIpc) is 2.90. The molecule has 0 amide bonds. The monoisotopic (exact) mass is 575 g/mol. The number of carboxylic acid groups (broad SMARTS) is 1. The van der Waals surface area contributed by atoms with Gasteiger partial charge in [-0.25, -0.2) is 0 Å². The summed E-state index contributed by atoms with van der Waals surface area (Å²) in [5, 5.41) is 51.5. The van der Waals surface area contributed by atoms with E-state index in [2.05, 4.69) is 4.99 Å². The molecule has 218 valence electrons. The zero-order valence-electron chi connectivity index (χ0n) is 23.7. The molecule has 42 heavy (non-hydrogen) atoms. The van der Waals surface area contributed by atoms with Crippen molar-refractivity contribution in [2.75, 3.05) is 6.54 Å². The molecule has 0 saturated carbocycles. The molecule has 2 aliphatic rings. The molecule has 2 aromatic carbocycles. The number of carbonyl (C=O) groups is 5. The number of carboxylic acids is 1. The molecular weight excluding hydrogens is 546 g/mol. The third-order valence-electron chi connectivity index (χ3n) is 7.50. The predicted octanol–water partition coefficient (Wildman–Crippen LogP) is 4.35. The molecule has 0 aliphatic heterocycles. The van der Waals surface area contributed by atoms with E-state index < -0.39 is 87.2 Å². The lowest BCUT2D eigenvalue weighted by molar-refractivity contribution is -0.135. The van der Waals surface area contributed by atoms with E-state index in [-0.39, 0.29) is 44.5 Å². The van der Waals surface area contributed by atoms with Gasteiger partial charge < -0.3 is 25.5 Å². The predicted molar refractivity (Wildman–Crippen MR) is 151 cm³/mol. The second-order valence-corrected chi connectivity index (χ2v) is 10.8. The van der Waals surface area contributed by atoms with E-state index in [0.29, 0.717) is 0 Å². The van der Waals surface area contributed by atoms with Crippen molar-refractivity contribution in [2.45, 2.75) is 53.4 Å². The normalized spacial score (nSPS) is 15.4. The number of hydrogen-bond acceptors (Lipinski definition) is 10. The van der Waals surface area contributed by atoms with E-state index in [1.807, 2.05) is 0 Å². The molecule has 0 radical (unpaired) electrons. The fraction of sp³-hybridized carbons (Fsp3) is 0.290. The lowest BCUT2D eigenvalue weighted by Crippen LogP contribution is -2.31. The highest BCUT2D eigenvalue weighted by Gasteiger charge is 2.44. The van der Waals surface area contributed by atoms with Crippen molar-refractivity contribution >= 4 is 35.3 Å². The van der Waals surface area contributed by atoms with Crippen molar-refractivity contribution in [2.24, 2.45) is 4.99 Å². The minimum atomic E-state index is -1.32. The molecule has 11 heteroatoms. The highest BCUT2D eigenvalue weighted by atomic mass is 16.4. The molecule has 0 heterocycles. The second kappa shape index (κ2) is 10.4. The summed E-state index contributed by atoms with van der Waals surface area (Å²) in [5.74, 6) is -8.24. The van der Waals surface area contributed by atoms with Crippen LogP contribution in [0.25, 0.3) is 0 Å². The number of phenolic OH excluding ortho intramolecular Hbond substituents is 4. The lowest BCUT2D eigenvalue weighted by Gasteiger charge is -2.29. The van der Waals surface area contributed by atoms with Crippen molar-refractivity contribution in [1.29, 1.82) is 0 Å². The van der Waals surface area contributed by atoms with E-state index in [4.69, 9.17) is 5.11 Å². The summed E-state index contributed by atoms with van der Waals surface area (Å²) in [7, 11) is 0. The van der Waals surface area contributed by atoms with Crippen LogP contribution in [0.2, 0.25) is 0 Å². The van der Waals surface area contributed by atoms with E-state index in [0.717, 1.165) is 12.3 Å². The molecular formula is C31H29NO10. The first-order valence-corrected chi connectivity index (χ1v) is 13.1. The Balaban J connectivity index is 2.07. The van der Waals surface area contributed by atoms with Crippen molar-refractivity contribution in [1.82, 2.24) is 0 Å². The van der Waals surface area contributed by atoms with Crippen LogP contribution in [0.3, 0.4) is 0 Å². The van der Waals surface area contributed by atoms with Gasteiger partial charge in [-0.2, -0.15) is 0 Å². The molecule has 4 rings (SSSR count). The molecule has 0 fully saturated rings. The summed E-state index contributed by atoms with van der Waals surface area (Å²) < 4.78 is 0. The number of allylic oxidation sites excluding steroid dienone is 4. The van der Waals surface area contributed by atoms with E-state index in [9.17, 15) is 44.4 Å². The molecule has 0 aromatic heterocycles. The summed E-state index contributed by atoms with van der Waals surface area (Å²) in [6.07, 6.45) is 0.857. The smallest absolute Gasteiger partial charge is 0.325 e. The minimum Gasteiger partial charge on any atom is -0.504 e. The van der Waals surface area contributed by atoms with Crippen molar-refractivity contribution in [3.8, 4) is 23.0 Å². The van der Waals surface area contributed by atoms with Crippen molar-refractivity contribution in [3.63, 3.8) is 0 Å². The van der Waals surface area contributed by atoms with E-state index in [1.54, 1.807) is 27.7 Å². The molecule has 0 unspecified atom stereocenters. The Morgan fingerprint density at radius 2 is 1.24 bits per heavy atom. The summed E-state index contributed by atoms with van der Waals surface area (Å²) in [4.78, 5) is 70.5. The van der Waals surface area contributed by atoms with Crippen LogP contribution in [-0.2, 0) is 4.79 Å². The highest BCUT2D eigenvalue weighted by molar-refractivity contribution is 6.38. The quantitative estimate of drug-likeness (QED) is 0.244. The van der Waals surface area contributed by atoms with E-state index >= 15 is 0 Å². The Kier molecular flexibility index (Phi) is 7.41. The largest absolute Gasteiger partial charge is 0.504 e.